The summed E-state index contributed by atoms with van der Waals surface area (Å²) in [7, 11) is 0. The summed E-state index contributed by atoms with van der Waals surface area (Å²) < 4.78 is 20.9. The topological polar surface area (TPSA) is 91.4 Å². The van der Waals surface area contributed by atoms with E-state index in [1.807, 2.05) is 0 Å². The zero-order valence-corrected chi connectivity index (χ0v) is 16.3. The summed E-state index contributed by atoms with van der Waals surface area (Å²) in [6.45, 7) is 3.71. The fraction of sp³-hybridized carbons (Fsp3) is 0.550. The molecule has 28 heavy (non-hydrogen) atoms. The van der Waals surface area contributed by atoms with E-state index in [2.05, 4.69) is 0 Å². The lowest BCUT2D eigenvalue weighted by Crippen LogP contribution is -2.40. The third-order valence-electron chi connectivity index (χ3n) is 4.19. The molecule has 2 rings (SSSR count). The Morgan fingerprint density at radius 3 is 2.61 bits per heavy atom. The molecule has 1 aromatic carbocycles. The zero-order chi connectivity index (χ0) is 20.4. The first kappa shape index (κ1) is 21.8. The predicted molar refractivity (Wildman–Crippen MR) is 101 cm³/mol. The molecule has 0 spiro atoms. The molecule has 1 aromatic rings. The van der Waals surface area contributed by atoms with Crippen LogP contribution in [0.25, 0.3) is 0 Å². The Kier molecular flexibility index (Phi) is 8.90. The van der Waals surface area contributed by atoms with Crippen LogP contribution >= 0.6 is 0 Å². The third-order valence-corrected chi connectivity index (χ3v) is 4.19. The fourth-order valence-electron chi connectivity index (χ4n) is 2.69. The Balaban J connectivity index is 1.87. The van der Waals surface area contributed by atoms with E-state index >= 15 is 0 Å². The summed E-state index contributed by atoms with van der Waals surface area (Å²) in [5.41, 5.74) is 0.513. The number of carbonyl (C=O) groups excluding carboxylic acids is 3. The molecule has 1 aliphatic heterocycles. The van der Waals surface area contributed by atoms with Gasteiger partial charge in [0, 0.05) is 12.3 Å². The highest BCUT2D eigenvalue weighted by atomic mass is 16.6. The van der Waals surface area contributed by atoms with Gasteiger partial charge >= 0.3 is 11.9 Å². The van der Waals surface area contributed by atoms with Crippen LogP contribution in [-0.4, -0.2) is 63.0 Å². The van der Waals surface area contributed by atoms with Crippen molar-refractivity contribution < 1.29 is 33.3 Å². The zero-order valence-electron chi connectivity index (χ0n) is 16.3. The van der Waals surface area contributed by atoms with Gasteiger partial charge in [-0.2, -0.15) is 0 Å². The van der Waals surface area contributed by atoms with Crippen molar-refractivity contribution in [3.05, 3.63) is 30.3 Å². The number of amides is 1. The van der Waals surface area contributed by atoms with E-state index in [0.29, 0.717) is 18.9 Å². The molecule has 8 nitrogen and oxygen atoms in total. The van der Waals surface area contributed by atoms with Crippen molar-refractivity contribution in [2.45, 2.75) is 38.9 Å². The van der Waals surface area contributed by atoms with E-state index in [9.17, 15) is 14.4 Å². The van der Waals surface area contributed by atoms with Gasteiger partial charge in [0.25, 0.3) is 5.91 Å². The Bertz CT molecular complexity index is 643. The van der Waals surface area contributed by atoms with E-state index in [1.165, 1.54) is 4.90 Å². The summed E-state index contributed by atoms with van der Waals surface area (Å²) in [5, 5.41) is 0. The number of nitrogens with zero attached hydrogens (tertiary/aromatic N) is 1. The minimum atomic E-state index is -0.813. The van der Waals surface area contributed by atoms with Crippen LogP contribution in [0.4, 0.5) is 5.69 Å². The number of hydrogen-bond acceptors (Lipinski definition) is 7. The van der Waals surface area contributed by atoms with Gasteiger partial charge in [0.1, 0.15) is 6.54 Å². The number of anilines is 1. The number of benzene rings is 1. The molecule has 0 N–H and O–H groups in total. The molecule has 2 atom stereocenters. The Hall–Kier alpha value is -2.45. The van der Waals surface area contributed by atoms with E-state index in [0.717, 1.165) is 12.8 Å². The maximum atomic E-state index is 12.6. The second kappa shape index (κ2) is 11.4. The smallest absolute Gasteiger partial charge is 0.335 e. The molecule has 8 heteroatoms. The summed E-state index contributed by atoms with van der Waals surface area (Å²) in [5.74, 6) is -1.71. The van der Waals surface area contributed by atoms with Crippen molar-refractivity contribution in [1.29, 1.82) is 0 Å². The molecule has 0 radical (unpaired) electrons. The van der Waals surface area contributed by atoms with Gasteiger partial charge in [-0.1, -0.05) is 18.2 Å². The van der Waals surface area contributed by atoms with Gasteiger partial charge in [-0.05, 0) is 38.8 Å². The quantitative estimate of drug-likeness (QED) is 0.559. The third kappa shape index (κ3) is 6.94. The average molecular weight is 393 g/mol. The Morgan fingerprint density at radius 2 is 1.96 bits per heavy atom. The highest BCUT2D eigenvalue weighted by Crippen LogP contribution is 2.15. The van der Waals surface area contributed by atoms with Crippen molar-refractivity contribution in [3.8, 4) is 0 Å². The number of carbonyl (C=O) groups is 3. The minimum Gasteiger partial charge on any atom is -0.465 e. The van der Waals surface area contributed by atoms with Gasteiger partial charge in [-0.25, -0.2) is 4.79 Å². The van der Waals surface area contributed by atoms with Crippen LogP contribution in [0.15, 0.2) is 30.3 Å². The van der Waals surface area contributed by atoms with Gasteiger partial charge < -0.3 is 18.9 Å². The minimum absolute atomic E-state index is 0.00460. The molecular weight excluding hydrogens is 366 g/mol. The fourth-order valence-corrected chi connectivity index (χ4v) is 2.69. The number of hydrogen-bond donors (Lipinski definition) is 0. The highest BCUT2D eigenvalue weighted by molar-refractivity contribution is 5.99. The number of para-hydroxylation sites is 1. The van der Waals surface area contributed by atoms with E-state index in [4.69, 9.17) is 18.9 Å². The molecule has 154 valence electrons. The van der Waals surface area contributed by atoms with Gasteiger partial charge in [-0.3, -0.25) is 14.5 Å². The largest absolute Gasteiger partial charge is 0.465 e. The molecule has 0 saturated carbocycles. The molecule has 1 saturated heterocycles. The Labute approximate surface area is 164 Å². The van der Waals surface area contributed by atoms with Crippen LogP contribution in [0, 0.1) is 0 Å². The number of ether oxygens (including phenoxy) is 4. The van der Waals surface area contributed by atoms with Crippen molar-refractivity contribution >= 4 is 23.5 Å². The molecule has 1 aliphatic rings. The first-order chi connectivity index (χ1) is 13.5. The SMILES string of the molecule is CCOC(=O)CN(C(=O)COC(=O)C(C)OCC1CCCO1)c1ccccc1. The lowest BCUT2D eigenvalue weighted by atomic mass is 10.2. The average Bonchev–Trinajstić information content (AvgIpc) is 3.22. The van der Waals surface area contributed by atoms with Gasteiger partial charge in [-0.15, -0.1) is 0 Å². The van der Waals surface area contributed by atoms with Crippen molar-refractivity contribution in [1.82, 2.24) is 0 Å². The highest BCUT2D eigenvalue weighted by Gasteiger charge is 2.24. The lowest BCUT2D eigenvalue weighted by molar-refractivity contribution is -0.160. The van der Waals surface area contributed by atoms with Crippen LogP contribution in [0.1, 0.15) is 26.7 Å². The van der Waals surface area contributed by atoms with E-state index in [1.54, 1.807) is 44.2 Å². The first-order valence-electron chi connectivity index (χ1n) is 9.42. The maximum Gasteiger partial charge on any atom is 0.335 e. The molecule has 1 heterocycles. The predicted octanol–water partition coefficient (Wildman–Crippen LogP) is 1.71. The van der Waals surface area contributed by atoms with Crippen molar-refractivity contribution in [3.63, 3.8) is 0 Å². The van der Waals surface area contributed by atoms with Gasteiger partial charge in [0.15, 0.2) is 12.7 Å². The second-order valence-electron chi connectivity index (χ2n) is 6.34. The van der Waals surface area contributed by atoms with Gasteiger partial charge in [0.05, 0.1) is 19.3 Å². The summed E-state index contributed by atoms with van der Waals surface area (Å²) in [4.78, 5) is 37.7. The summed E-state index contributed by atoms with van der Waals surface area (Å²) >= 11 is 0. The standard InChI is InChI=1S/C20H27NO7/c1-3-25-19(23)12-21(16-8-5-4-6-9-16)18(22)14-28-20(24)15(2)27-13-17-10-7-11-26-17/h4-6,8-9,15,17H,3,7,10-14H2,1-2H3. The molecule has 0 aromatic heterocycles. The molecule has 0 aliphatic carbocycles. The van der Waals surface area contributed by atoms with Crippen molar-refractivity contribution in [2.75, 3.05) is 37.9 Å². The molecule has 1 amide bonds. The van der Waals surface area contributed by atoms with E-state index in [-0.39, 0.29) is 19.3 Å². The summed E-state index contributed by atoms with van der Waals surface area (Å²) in [6.07, 6.45) is 1.07. The van der Waals surface area contributed by atoms with Crippen LogP contribution in [0.2, 0.25) is 0 Å². The lowest BCUT2D eigenvalue weighted by Gasteiger charge is -2.22. The monoisotopic (exact) mass is 393 g/mol. The number of esters is 2. The molecular formula is C20H27NO7. The second-order valence-corrected chi connectivity index (χ2v) is 6.34. The number of rotatable bonds is 10. The summed E-state index contributed by atoms with van der Waals surface area (Å²) in [6, 6.07) is 8.66. The van der Waals surface area contributed by atoms with Crippen molar-refractivity contribution in [2.24, 2.45) is 0 Å². The molecule has 1 fully saturated rings. The first-order valence-corrected chi connectivity index (χ1v) is 9.42. The molecule has 2 unspecified atom stereocenters. The van der Waals surface area contributed by atoms with Crippen LogP contribution in [0.3, 0.4) is 0 Å². The van der Waals surface area contributed by atoms with Crippen LogP contribution < -0.4 is 4.90 Å². The normalized spacial score (nSPS) is 17.0. The van der Waals surface area contributed by atoms with Crippen LogP contribution in [-0.2, 0) is 33.3 Å². The Morgan fingerprint density at radius 1 is 1.21 bits per heavy atom. The molecule has 0 bridgehead atoms. The van der Waals surface area contributed by atoms with E-state index < -0.39 is 30.6 Å². The maximum absolute atomic E-state index is 12.6. The van der Waals surface area contributed by atoms with Crippen LogP contribution in [0.5, 0.6) is 0 Å². The van der Waals surface area contributed by atoms with Gasteiger partial charge in [0.2, 0.25) is 0 Å².